The van der Waals surface area contributed by atoms with Crippen LogP contribution in [-0.2, 0) is 6.42 Å². The number of hydrogen-bond acceptors (Lipinski definition) is 7. The van der Waals surface area contributed by atoms with Crippen molar-refractivity contribution in [1.29, 1.82) is 0 Å². The van der Waals surface area contributed by atoms with Gasteiger partial charge in [0.2, 0.25) is 0 Å². The molecular weight excluding hydrogens is 386 g/mol. The van der Waals surface area contributed by atoms with Gasteiger partial charge in [0, 0.05) is 23.9 Å². The molecule has 1 N–H and O–H groups in total. The maximum atomic E-state index is 10.9. The molecule has 0 aliphatic heterocycles. The number of nitrogens with zero attached hydrogens (tertiary/aromatic N) is 4. The van der Waals surface area contributed by atoms with Crippen molar-refractivity contribution in [3.8, 4) is 23.1 Å². The minimum atomic E-state index is -0.444. The minimum Gasteiger partial charge on any atom is -0.457 e. The van der Waals surface area contributed by atoms with Gasteiger partial charge >= 0.3 is 0 Å². The highest BCUT2D eigenvalue weighted by Gasteiger charge is 2.15. The lowest BCUT2D eigenvalue weighted by Gasteiger charge is -2.07. The Kier molecular flexibility index (Phi) is 4.13. The van der Waals surface area contributed by atoms with Crippen molar-refractivity contribution < 1.29 is 14.2 Å². The number of rotatable bonds is 5. The zero-order chi connectivity index (χ0) is 20.7. The van der Waals surface area contributed by atoms with Crippen molar-refractivity contribution in [2.24, 2.45) is 0 Å². The summed E-state index contributed by atoms with van der Waals surface area (Å²) in [5.41, 5.74) is 2.29. The molecule has 5 rings (SSSR count). The van der Waals surface area contributed by atoms with Crippen LogP contribution in [0, 0.1) is 10.1 Å². The Morgan fingerprint density at radius 1 is 1.17 bits per heavy atom. The van der Waals surface area contributed by atoms with Gasteiger partial charge in [-0.25, -0.2) is 4.98 Å². The topological polar surface area (TPSA) is 120 Å². The van der Waals surface area contributed by atoms with Crippen LogP contribution in [0.2, 0.25) is 0 Å². The monoisotopic (exact) mass is 401 g/mol. The van der Waals surface area contributed by atoms with Crippen LogP contribution < -0.4 is 4.74 Å². The first-order valence-electron chi connectivity index (χ1n) is 9.28. The average molecular weight is 401 g/mol. The molecule has 9 heteroatoms. The summed E-state index contributed by atoms with van der Waals surface area (Å²) in [7, 11) is 0. The van der Waals surface area contributed by atoms with E-state index in [1.807, 2.05) is 31.2 Å². The van der Waals surface area contributed by atoms with E-state index in [4.69, 9.17) is 9.26 Å². The van der Waals surface area contributed by atoms with Crippen molar-refractivity contribution in [2.75, 3.05) is 0 Å². The molecule has 2 aromatic carbocycles. The number of aromatic nitrogens is 4. The van der Waals surface area contributed by atoms with Gasteiger partial charge in [0.15, 0.2) is 5.82 Å². The quantitative estimate of drug-likeness (QED) is 0.324. The number of ether oxygens (including phenoxy) is 1. The standard InChI is InChI=1S/C21H15N5O4/c1-2-19-24-21(30-25-19)16-10-14-17(11-22-16)23-15-4-3-5-18(20(14)15)29-13-8-6-12(7-9-13)26(27)28/h3-11,23H,2H2,1H3. The molecule has 0 bridgehead atoms. The van der Waals surface area contributed by atoms with E-state index in [-0.39, 0.29) is 5.69 Å². The second kappa shape index (κ2) is 6.96. The van der Waals surface area contributed by atoms with Crippen molar-refractivity contribution in [3.63, 3.8) is 0 Å². The first-order valence-corrected chi connectivity index (χ1v) is 9.28. The summed E-state index contributed by atoms with van der Waals surface area (Å²) in [5, 5.41) is 16.5. The Labute approximate surface area is 169 Å². The van der Waals surface area contributed by atoms with Gasteiger partial charge in [0.25, 0.3) is 11.6 Å². The maximum absolute atomic E-state index is 10.9. The molecule has 0 unspecified atom stereocenters. The van der Waals surface area contributed by atoms with E-state index in [2.05, 4.69) is 20.1 Å². The van der Waals surface area contributed by atoms with Crippen LogP contribution >= 0.6 is 0 Å². The average Bonchev–Trinajstić information content (AvgIpc) is 3.38. The molecule has 0 saturated heterocycles. The number of nitro benzene ring substituents is 1. The van der Waals surface area contributed by atoms with Crippen LogP contribution in [0.1, 0.15) is 12.7 Å². The molecule has 5 aromatic rings. The third-order valence-electron chi connectivity index (χ3n) is 4.75. The summed E-state index contributed by atoms with van der Waals surface area (Å²) in [6.07, 6.45) is 2.39. The molecule has 3 aromatic heterocycles. The summed E-state index contributed by atoms with van der Waals surface area (Å²) in [6.45, 7) is 1.95. The van der Waals surface area contributed by atoms with E-state index in [0.29, 0.717) is 35.3 Å². The molecule has 30 heavy (non-hydrogen) atoms. The second-order valence-corrected chi connectivity index (χ2v) is 6.64. The van der Waals surface area contributed by atoms with Gasteiger partial charge in [-0.05, 0) is 30.3 Å². The smallest absolute Gasteiger partial charge is 0.276 e. The fourth-order valence-electron chi connectivity index (χ4n) is 3.29. The van der Waals surface area contributed by atoms with E-state index in [1.165, 1.54) is 12.1 Å². The predicted octanol–water partition coefficient (Wildman–Crippen LogP) is 5.03. The molecule has 3 heterocycles. The van der Waals surface area contributed by atoms with Crippen molar-refractivity contribution in [1.82, 2.24) is 20.1 Å². The van der Waals surface area contributed by atoms with Crippen molar-refractivity contribution >= 4 is 27.5 Å². The first kappa shape index (κ1) is 17.8. The number of nitro groups is 1. The van der Waals surface area contributed by atoms with Crippen LogP contribution in [0.15, 0.2) is 59.3 Å². The first-order chi connectivity index (χ1) is 14.6. The summed E-state index contributed by atoms with van der Waals surface area (Å²) in [6, 6.07) is 13.5. The lowest BCUT2D eigenvalue weighted by molar-refractivity contribution is -0.384. The Morgan fingerprint density at radius 3 is 2.73 bits per heavy atom. The number of non-ortho nitro benzene ring substituents is 1. The zero-order valence-corrected chi connectivity index (χ0v) is 15.8. The number of pyridine rings is 1. The molecule has 0 fully saturated rings. The number of aromatic amines is 1. The SMILES string of the molecule is CCc1noc(-c2cc3c(cn2)[nH]c2cccc(Oc4ccc([N+](=O)[O-])cc4)c23)n1. The van der Waals surface area contributed by atoms with E-state index >= 15 is 0 Å². The fourth-order valence-corrected chi connectivity index (χ4v) is 3.29. The van der Waals surface area contributed by atoms with E-state index in [1.54, 1.807) is 18.3 Å². The van der Waals surface area contributed by atoms with Gasteiger partial charge in [0.05, 0.1) is 27.5 Å². The lowest BCUT2D eigenvalue weighted by Crippen LogP contribution is -1.89. The number of H-pyrrole nitrogens is 1. The second-order valence-electron chi connectivity index (χ2n) is 6.64. The van der Waals surface area contributed by atoms with Crippen LogP contribution in [0.5, 0.6) is 11.5 Å². The summed E-state index contributed by atoms with van der Waals surface area (Å²) < 4.78 is 11.4. The highest BCUT2D eigenvalue weighted by atomic mass is 16.6. The predicted molar refractivity (Wildman–Crippen MR) is 109 cm³/mol. The van der Waals surface area contributed by atoms with E-state index in [9.17, 15) is 10.1 Å². The summed E-state index contributed by atoms with van der Waals surface area (Å²) in [5.74, 6) is 2.09. The molecule has 0 aliphatic carbocycles. The normalized spacial score (nSPS) is 11.2. The zero-order valence-electron chi connectivity index (χ0n) is 15.8. The molecule has 148 valence electrons. The summed E-state index contributed by atoms with van der Waals surface area (Å²) >= 11 is 0. The van der Waals surface area contributed by atoms with Gasteiger partial charge in [-0.2, -0.15) is 4.98 Å². The van der Waals surface area contributed by atoms with Crippen molar-refractivity contribution in [3.05, 3.63) is 70.7 Å². The molecule has 9 nitrogen and oxygen atoms in total. The number of aryl methyl sites for hydroxylation is 1. The fraction of sp³-hybridized carbons (Fsp3) is 0.0952. The largest absolute Gasteiger partial charge is 0.457 e. The molecule has 0 aliphatic rings. The third-order valence-corrected chi connectivity index (χ3v) is 4.75. The van der Waals surface area contributed by atoms with Gasteiger partial charge in [-0.15, -0.1) is 0 Å². The Balaban J connectivity index is 1.60. The maximum Gasteiger partial charge on any atom is 0.276 e. The Bertz CT molecular complexity index is 1390. The Hall–Kier alpha value is -4.27. The van der Waals surface area contributed by atoms with Gasteiger partial charge in [-0.3, -0.25) is 10.1 Å². The number of benzene rings is 2. The van der Waals surface area contributed by atoms with E-state index in [0.717, 1.165) is 21.8 Å². The summed E-state index contributed by atoms with van der Waals surface area (Å²) in [4.78, 5) is 22.5. The molecule has 0 saturated carbocycles. The minimum absolute atomic E-state index is 0.00868. The van der Waals surface area contributed by atoms with E-state index < -0.39 is 4.92 Å². The Morgan fingerprint density at radius 2 is 2.00 bits per heavy atom. The number of nitrogens with one attached hydrogen (secondary N) is 1. The van der Waals surface area contributed by atoms with Gasteiger partial charge in [-0.1, -0.05) is 18.1 Å². The van der Waals surface area contributed by atoms with Gasteiger partial charge in [0.1, 0.15) is 17.2 Å². The molecule has 0 radical (unpaired) electrons. The number of hydrogen-bond donors (Lipinski definition) is 1. The van der Waals surface area contributed by atoms with Crippen LogP contribution in [0.4, 0.5) is 5.69 Å². The highest BCUT2D eigenvalue weighted by Crippen LogP contribution is 2.36. The lowest BCUT2D eigenvalue weighted by atomic mass is 10.1. The molecule has 0 atom stereocenters. The van der Waals surface area contributed by atoms with Crippen LogP contribution in [0.25, 0.3) is 33.4 Å². The molecular formula is C21H15N5O4. The number of fused-ring (bicyclic) bond motifs is 3. The third kappa shape index (κ3) is 3.02. The van der Waals surface area contributed by atoms with Gasteiger partial charge < -0.3 is 14.2 Å². The molecule has 0 amide bonds. The molecule has 0 spiro atoms. The van der Waals surface area contributed by atoms with Crippen molar-refractivity contribution in [2.45, 2.75) is 13.3 Å². The van der Waals surface area contributed by atoms with Crippen LogP contribution in [0.3, 0.4) is 0 Å². The highest BCUT2D eigenvalue weighted by molar-refractivity contribution is 6.11. The van der Waals surface area contributed by atoms with Crippen LogP contribution in [-0.4, -0.2) is 25.0 Å².